The summed E-state index contributed by atoms with van der Waals surface area (Å²) in [6.45, 7) is 4.16. The van der Waals surface area contributed by atoms with E-state index in [9.17, 15) is 9.50 Å². The summed E-state index contributed by atoms with van der Waals surface area (Å²) in [5.41, 5.74) is 0.943. The van der Waals surface area contributed by atoms with Crippen LogP contribution in [0.1, 0.15) is 38.2 Å². The van der Waals surface area contributed by atoms with Crippen molar-refractivity contribution in [1.82, 2.24) is 0 Å². The molecule has 0 radical (unpaired) electrons. The lowest BCUT2D eigenvalue weighted by molar-refractivity contribution is -0.0778. The molecular weight excluding hydrogens is 191 g/mol. The van der Waals surface area contributed by atoms with Crippen LogP contribution in [-0.4, -0.2) is 11.2 Å². The number of aliphatic hydroxyl groups excluding tert-OH is 1. The topological polar surface area (TPSA) is 20.2 Å². The first-order valence-corrected chi connectivity index (χ1v) is 5.51. The third kappa shape index (κ3) is 1.57. The highest BCUT2D eigenvalue weighted by atomic mass is 19.1. The minimum Gasteiger partial charge on any atom is -0.393 e. The fourth-order valence-electron chi connectivity index (χ4n) is 2.56. The molecule has 0 spiro atoms. The van der Waals surface area contributed by atoms with Gasteiger partial charge in [0.05, 0.1) is 6.10 Å². The Hall–Kier alpha value is -0.890. The maximum absolute atomic E-state index is 13.1. The lowest BCUT2D eigenvalue weighted by Gasteiger charge is -2.51. The summed E-state index contributed by atoms with van der Waals surface area (Å²) < 4.78 is 13.1. The highest BCUT2D eigenvalue weighted by molar-refractivity contribution is 5.27. The highest BCUT2D eigenvalue weighted by Gasteiger charge is 2.49. The predicted molar refractivity (Wildman–Crippen MR) is 58.2 cm³/mol. The van der Waals surface area contributed by atoms with Gasteiger partial charge in [-0.1, -0.05) is 26.0 Å². The largest absolute Gasteiger partial charge is 0.393 e. The van der Waals surface area contributed by atoms with Crippen LogP contribution in [0.25, 0.3) is 0 Å². The zero-order valence-electron chi connectivity index (χ0n) is 9.20. The summed E-state index contributed by atoms with van der Waals surface area (Å²) in [5.74, 6) is 0.112. The molecule has 1 N–H and O–H groups in total. The summed E-state index contributed by atoms with van der Waals surface area (Å²) in [5, 5.41) is 9.77. The van der Waals surface area contributed by atoms with E-state index in [-0.39, 0.29) is 17.3 Å². The SMILES string of the molecule is CCC1(C)C(O)CC1c1cccc(F)c1. The van der Waals surface area contributed by atoms with E-state index in [0.29, 0.717) is 5.92 Å². The van der Waals surface area contributed by atoms with Crippen molar-refractivity contribution in [3.05, 3.63) is 35.6 Å². The monoisotopic (exact) mass is 208 g/mol. The van der Waals surface area contributed by atoms with Crippen molar-refractivity contribution in [2.45, 2.75) is 38.7 Å². The van der Waals surface area contributed by atoms with Gasteiger partial charge in [-0.25, -0.2) is 4.39 Å². The molecule has 1 aliphatic rings. The van der Waals surface area contributed by atoms with Crippen LogP contribution in [0.3, 0.4) is 0 Å². The Morgan fingerprint density at radius 1 is 1.53 bits per heavy atom. The zero-order valence-corrected chi connectivity index (χ0v) is 9.20. The Morgan fingerprint density at radius 2 is 2.27 bits per heavy atom. The number of hydrogen-bond acceptors (Lipinski definition) is 1. The van der Waals surface area contributed by atoms with E-state index in [1.807, 2.05) is 6.07 Å². The quantitative estimate of drug-likeness (QED) is 0.791. The van der Waals surface area contributed by atoms with E-state index in [1.54, 1.807) is 12.1 Å². The molecule has 0 bridgehead atoms. The van der Waals surface area contributed by atoms with Gasteiger partial charge < -0.3 is 5.11 Å². The fraction of sp³-hybridized carbons (Fsp3) is 0.538. The van der Waals surface area contributed by atoms with Crippen molar-refractivity contribution < 1.29 is 9.50 Å². The third-order valence-corrected chi connectivity index (χ3v) is 4.03. The molecule has 0 heterocycles. The second-order valence-corrected chi connectivity index (χ2v) is 4.72. The van der Waals surface area contributed by atoms with Gasteiger partial charge in [-0.05, 0) is 36.5 Å². The molecule has 15 heavy (non-hydrogen) atoms. The van der Waals surface area contributed by atoms with Crippen LogP contribution >= 0.6 is 0 Å². The molecule has 1 aromatic carbocycles. The third-order valence-electron chi connectivity index (χ3n) is 4.03. The molecule has 0 aromatic heterocycles. The van der Waals surface area contributed by atoms with Gasteiger partial charge in [0.2, 0.25) is 0 Å². The Kier molecular flexibility index (Phi) is 2.55. The molecule has 0 saturated heterocycles. The second kappa shape index (κ2) is 3.60. The second-order valence-electron chi connectivity index (χ2n) is 4.72. The molecule has 3 atom stereocenters. The van der Waals surface area contributed by atoms with Gasteiger partial charge >= 0.3 is 0 Å². The summed E-state index contributed by atoms with van der Waals surface area (Å²) in [7, 11) is 0. The van der Waals surface area contributed by atoms with Gasteiger partial charge in [0, 0.05) is 5.41 Å². The summed E-state index contributed by atoms with van der Waals surface area (Å²) in [6, 6.07) is 6.74. The van der Waals surface area contributed by atoms with Crippen molar-refractivity contribution in [3.63, 3.8) is 0 Å². The van der Waals surface area contributed by atoms with E-state index in [4.69, 9.17) is 0 Å². The number of aliphatic hydroxyl groups is 1. The Balaban J connectivity index is 2.26. The normalized spacial score (nSPS) is 34.9. The molecule has 1 fully saturated rings. The fourth-order valence-corrected chi connectivity index (χ4v) is 2.56. The summed E-state index contributed by atoms with van der Waals surface area (Å²) >= 11 is 0. The van der Waals surface area contributed by atoms with Gasteiger partial charge in [0.15, 0.2) is 0 Å². The molecule has 1 nitrogen and oxygen atoms in total. The van der Waals surface area contributed by atoms with Gasteiger partial charge in [-0.2, -0.15) is 0 Å². The van der Waals surface area contributed by atoms with Crippen LogP contribution in [0.4, 0.5) is 4.39 Å². The van der Waals surface area contributed by atoms with Crippen LogP contribution in [-0.2, 0) is 0 Å². The van der Waals surface area contributed by atoms with Crippen molar-refractivity contribution in [3.8, 4) is 0 Å². The first kappa shape index (κ1) is 10.6. The lowest BCUT2D eigenvalue weighted by Crippen LogP contribution is -2.49. The minimum atomic E-state index is -0.240. The molecule has 0 aliphatic heterocycles. The molecule has 2 rings (SSSR count). The first-order valence-electron chi connectivity index (χ1n) is 5.51. The molecule has 0 amide bonds. The summed E-state index contributed by atoms with van der Waals surface area (Å²) in [6.07, 6.45) is 1.44. The maximum Gasteiger partial charge on any atom is 0.123 e. The van der Waals surface area contributed by atoms with Crippen LogP contribution in [0.2, 0.25) is 0 Å². The number of hydrogen-bond donors (Lipinski definition) is 1. The van der Waals surface area contributed by atoms with Crippen molar-refractivity contribution >= 4 is 0 Å². The van der Waals surface area contributed by atoms with Crippen LogP contribution in [0.5, 0.6) is 0 Å². The Labute approximate surface area is 89.9 Å². The highest BCUT2D eigenvalue weighted by Crippen LogP contribution is 2.54. The van der Waals surface area contributed by atoms with E-state index in [1.165, 1.54) is 6.07 Å². The van der Waals surface area contributed by atoms with Gasteiger partial charge in [0.25, 0.3) is 0 Å². The van der Waals surface area contributed by atoms with Crippen molar-refractivity contribution in [2.75, 3.05) is 0 Å². The molecule has 2 heteroatoms. The zero-order chi connectivity index (χ0) is 11.1. The standard InChI is InChI=1S/C13H17FO/c1-3-13(2)11(8-12(13)15)9-5-4-6-10(14)7-9/h4-7,11-12,15H,3,8H2,1-2H3. The molecular formula is C13H17FO. The van der Waals surface area contributed by atoms with E-state index < -0.39 is 0 Å². The van der Waals surface area contributed by atoms with Crippen molar-refractivity contribution in [2.24, 2.45) is 5.41 Å². The smallest absolute Gasteiger partial charge is 0.123 e. The molecule has 3 unspecified atom stereocenters. The molecule has 82 valence electrons. The Bertz CT molecular complexity index is 363. The number of halogens is 1. The van der Waals surface area contributed by atoms with E-state index in [2.05, 4.69) is 13.8 Å². The van der Waals surface area contributed by atoms with Gasteiger partial charge in [-0.3, -0.25) is 0 Å². The minimum absolute atomic E-state index is 0.0756. The predicted octanol–water partition coefficient (Wildman–Crippen LogP) is 3.09. The average Bonchev–Trinajstić information content (AvgIpc) is 2.24. The maximum atomic E-state index is 13.1. The van der Waals surface area contributed by atoms with Crippen LogP contribution in [0.15, 0.2) is 24.3 Å². The van der Waals surface area contributed by atoms with Crippen LogP contribution in [0, 0.1) is 11.2 Å². The van der Waals surface area contributed by atoms with E-state index in [0.717, 1.165) is 18.4 Å². The number of benzene rings is 1. The Morgan fingerprint density at radius 3 is 2.80 bits per heavy atom. The molecule has 1 aromatic rings. The van der Waals surface area contributed by atoms with Crippen LogP contribution < -0.4 is 0 Å². The number of rotatable bonds is 2. The lowest BCUT2D eigenvalue weighted by atomic mass is 9.55. The molecule has 1 aliphatic carbocycles. The first-order chi connectivity index (χ1) is 7.08. The van der Waals surface area contributed by atoms with Crippen molar-refractivity contribution in [1.29, 1.82) is 0 Å². The molecule has 1 saturated carbocycles. The summed E-state index contributed by atoms with van der Waals surface area (Å²) in [4.78, 5) is 0. The van der Waals surface area contributed by atoms with E-state index >= 15 is 0 Å². The van der Waals surface area contributed by atoms with Gasteiger partial charge in [0.1, 0.15) is 5.82 Å². The van der Waals surface area contributed by atoms with Gasteiger partial charge in [-0.15, -0.1) is 0 Å². The average molecular weight is 208 g/mol.